The maximum Gasteiger partial charge on any atom is 0.293 e. The van der Waals surface area contributed by atoms with Crippen molar-refractivity contribution in [3.8, 4) is 0 Å². The summed E-state index contributed by atoms with van der Waals surface area (Å²) in [5.41, 5.74) is 5.49. The Morgan fingerprint density at radius 3 is 2.36 bits per heavy atom. The number of sulfonamides is 1. The van der Waals surface area contributed by atoms with Crippen LogP contribution in [0.3, 0.4) is 0 Å². The number of nitrogens with one attached hydrogen (secondary N) is 2. The molecule has 1 aliphatic carbocycles. The van der Waals surface area contributed by atoms with Crippen LogP contribution in [0.2, 0.25) is 10.0 Å². The summed E-state index contributed by atoms with van der Waals surface area (Å²) in [6.07, 6.45) is 3.72. The molecule has 1 heterocycles. The van der Waals surface area contributed by atoms with Crippen molar-refractivity contribution in [2.45, 2.75) is 62.9 Å². The number of hydroxylamine groups is 1. The van der Waals surface area contributed by atoms with Gasteiger partial charge in [0.25, 0.3) is 18.3 Å². The van der Waals surface area contributed by atoms with Gasteiger partial charge < -0.3 is 9.64 Å². The van der Waals surface area contributed by atoms with Gasteiger partial charge in [0, 0.05) is 27.7 Å². The number of benzene rings is 3. The third-order valence-corrected chi connectivity index (χ3v) is 9.44. The lowest BCUT2D eigenvalue weighted by atomic mass is 9.76. The van der Waals surface area contributed by atoms with Crippen LogP contribution < -0.4 is 10.2 Å². The number of nitrogens with zero attached hydrogens (tertiary/aromatic N) is 1. The van der Waals surface area contributed by atoms with Gasteiger partial charge in [-0.25, -0.2) is 18.6 Å². The summed E-state index contributed by atoms with van der Waals surface area (Å²) >= 11 is 13.0. The van der Waals surface area contributed by atoms with E-state index < -0.39 is 40.0 Å². The molecule has 238 valence electrons. The van der Waals surface area contributed by atoms with Crippen molar-refractivity contribution < 1.29 is 32.4 Å². The van der Waals surface area contributed by atoms with E-state index >= 15 is 0 Å². The van der Waals surface area contributed by atoms with Gasteiger partial charge in [0.2, 0.25) is 10.0 Å². The number of carbonyl (C=O) groups excluding carboxylic acids is 3. The molecule has 0 spiro atoms. The second-order valence-corrected chi connectivity index (χ2v) is 13.8. The molecule has 0 saturated heterocycles. The highest BCUT2D eigenvalue weighted by Gasteiger charge is 2.49. The molecular formula is C32H33Cl2N3O7S. The third kappa shape index (κ3) is 7.67. The van der Waals surface area contributed by atoms with Gasteiger partial charge in [0.05, 0.1) is 24.8 Å². The largest absolute Gasteiger partial charge is 0.463 e. The predicted molar refractivity (Wildman–Crippen MR) is 169 cm³/mol. The number of ether oxygens (including phenoxy) is 1. The quantitative estimate of drug-likeness (QED) is 0.215. The highest BCUT2D eigenvalue weighted by molar-refractivity contribution is 7.88. The first-order valence-corrected chi connectivity index (χ1v) is 17.1. The molecule has 4 atom stereocenters. The molecule has 13 heteroatoms. The number of rotatable bonds is 11. The van der Waals surface area contributed by atoms with E-state index in [2.05, 4.69) is 10.2 Å². The first-order valence-electron chi connectivity index (χ1n) is 14.5. The van der Waals surface area contributed by atoms with E-state index in [-0.39, 0.29) is 24.1 Å². The smallest absolute Gasteiger partial charge is 0.293 e. The minimum atomic E-state index is -3.60. The van der Waals surface area contributed by atoms with Crippen LogP contribution in [-0.2, 0) is 42.4 Å². The second-order valence-electron chi connectivity index (χ2n) is 11.2. The van der Waals surface area contributed by atoms with Gasteiger partial charge >= 0.3 is 0 Å². The average molecular weight is 675 g/mol. The monoisotopic (exact) mass is 673 g/mol. The first-order chi connectivity index (χ1) is 21.6. The van der Waals surface area contributed by atoms with E-state index in [1.165, 1.54) is 0 Å². The van der Waals surface area contributed by atoms with Crippen LogP contribution in [0.5, 0.6) is 0 Å². The minimum Gasteiger partial charge on any atom is -0.463 e. The fourth-order valence-corrected chi connectivity index (χ4v) is 7.59. The Morgan fingerprint density at radius 1 is 0.978 bits per heavy atom. The summed E-state index contributed by atoms with van der Waals surface area (Å²) in [6, 6.07) is 16.9. The van der Waals surface area contributed by atoms with E-state index in [1.54, 1.807) is 71.6 Å². The highest BCUT2D eigenvalue weighted by atomic mass is 35.5. The van der Waals surface area contributed by atoms with E-state index in [4.69, 9.17) is 32.8 Å². The van der Waals surface area contributed by atoms with Crippen LogP contribution >= 0.6 is 23.2 Å². The molecule has 2 amide bonds. The van der Waals surface area contributed by atoms with E-state index in [0.717, 1.165) is 30.2 Å². The van der Waals surface area contributed by atoms with E-state index in [9.17, 15) is 22.8 Å². The zero-order valence-corrected chi connectivity index (χ0v) is 26.8. The molecule has 1 saturated carbocycles. The lowest BCUT2D eigenvalue weighted by molar-refractivity contribution is -0.138. The third-order valence-electron chi connectivity index (χ3n) is 8.14. The molecule has 3 aromatic carbocycles. The topological polar surface area (TPSA) is 131 Å². The Labute approximate surface area is 272 Å². The normalized spacial score (nSPS) is 21.6. The number of fused-ring (bicyclic) bond motifs is 1. The summed E-state index contributed by atoms with van der Waals surface area (Å²) in [4.78, 5) is 46.2. The summed E-state index contributed by atoms with van der Waals surface area (Å²) in [5.74, 6) is -1.78. The Morgan fingerprint density at radius 2 is 1.67 bits per heavy atom. The van der Waals surface area contributed by atoms with Crippen molar-refractivity contribution in [1.29, 1.82) is 0 Å². The molecule has 1 fully saturated rings. The molecule has 1 aliphatic heterocycles. The molecule has 0 bridgehead atoms. The Bertz CT molecular complexity index is 1670. The highest BCUT2D eigenvalue weighted by Crippen LogP contribution is 2.47. The fourth-order valence-electron chi connectivity index (χ4n) is 6.24. The maximum atomic E-state index is 14.3. The molecule has 3 aromatic rings. The molecule has 45 heavy (non-hydrogen) atoms. The number of hydrogen-bond donors (Lipinski definition) is 2. The Balaban J connectivity index is 1.51. The fraction of sp³-hybridized carbons (Fsp3) is 0.344. The van der Waals surface area contributed by atoms with Crippen molar-refractivity contribution in [3.05, 3.63) is 105 Å². The van der Waals surface area contributed by atoms with E-state index in [1.807, 2.05) is 0 Å². The first kappa shape index (κ1) is 32.9. The lowest BCUT2D eigenvalue weighted by Gasteiger charge is -2.49. The van der Waals surface area contributed by atoms with Crippen LogP contribution in [0.15, 0.2) is 66.7 Å². The standard InChI is InChI=1S/C32H33Cl2N3O7S/c1-45(41,42)36-27-8-4-5-9-28(27)37-30(25-15-14-22(33)16-26(25)34)29(23-6-2-3-7-24(23)32(37)40)31(39)35-44-18-21-12-10-20(11-13-21)17-43-19-38/h2-3,6-7,10-16,19,27-30,36H,4-5,8-9,17-18H2,1H3,(H,35,39)/t27-,28-,29+,30-/m0/s1. The molecule has 2 aliphatic rings. The van der Waals surface area contributed by atoms with E-state index in [0.29, 0.717) is 41.0 Å². The van der Waals surface area contributed by atoms with Crippen molar-refractivity contribution in [3.63, 3.8) is 0 Å². The number of hydrogen-bond acceptors (Lipinski definition) is 7. The zero-order chi connectivity index (χ0) is 32.1. The van der Waals surface area contributed by atoms with Gasteiger partial charge in [-0.15, -0.1) is 0 Å². The summed E-state index contributed by atoms with van der Waals surface area (Å²) in [6.45, 7) is 0.576. The molecular weight excluding hydrogens is 641 g/mol. The van der Waals surface area contributed by atoms with Gasteiger partial charge in [-0.1, -0.05) is 84.6 Å². The van der Waals surface area contributed by atoms with Crippen molar-refractivity contribution in [2.24, 2.45) is 0 Å². The predicted octanol–water partition coefficient (Wildman–Crippen LogP) is 5.06. The second kappa shape index (κ2) is 14.3. The van der Waals surface area contributed by atoms with Gasteiger partial charge in [0.1, 0.15) is 6.61 Å². The molecule has 0 unspecified atom stereocenters. The van der Waals surface area contributed by atoms with Gasteiger partial charge in [-0.2, -0.15) is 0 Å². The van der Waals surface area contributed by atoms with Crippen LogP contribution in [0, 0.1) is 0 Å². The van der Waals surface area contributed by atoms with Crippen LogP contribution in [0.4, 0.5) is 0 Å². The van der Waals surface area contributed by atoms with Crippen molar-refractivity contribution in [1.82, 2.24) is 15.1 Å². The molecule has 10 nitrogen and oxygen atoms in total. The maximum absolute atomic E-state index is 14.3. The Kier molecular flexibility index (Phi) is 10.5. The van der Waals surface area contributed by atoms with Gasteiger partial charge in [-0.05, 0) is 53.3 Å². The van der Waals surface area contributed by atoms with Crippen LogP contribution in [-0.4, -0.2) is 49.9 Å². The van der Waals surface area contributed by atoms with Crippen LogP contribution in [0.25, 0.3) is 0 Å². The zero-order valence-electron chi connectivity index (χ0n) is 24.4. The van der Waals surface area contributed by atoms with Crippen molar-refractivity contribution >= 4 is 51.5 Å². The lowest BCUT2D eigenvalue weighted by Crippen LogP contribution is -2.59. The minimum absolute atomic E-state index is 0.0485. The number of halogens is 2. The summed E-state index contributed by atoms with van der Waals surface area (Å²) < 4.78 is 32.2. The molecule has 0 aromatic heterocycles. The van der Waals surface area contributed by atoms with Gasteiger partial charge in [-0.3, -0.25) is 19.2 Å². The van der Waals surface area contributed by atoms with Crippen LogP contribution in [0.1, 0.15) is 70.3 Å². The summed E-state index contributed by atoms with van der Waals surface area (Å²) in [7, 11) is -3.60. The average Bonchev–Trinajstić information content (AvgIpc) is 3.00. The molecule has 0 radical (unpaired) electrons. The summed E-state index contributed by atoms with van der Waals surface area (Å²) in [5, 5.41) is 0.658. The van der Waals surface area contributed by atoms with Gasteiger partial charge in [0.15, 0.2) is 0 Å². The number of amides is 2. The molecule has 2 N–H and O–H groups in total. The molecule has 5 rings (SSSR count). The number of carbonyl (C=O) groups is 3. The van der Waals surface area contributed by atoms with Crippen molar-refractivity contribution in [2.75, 3.05) is 6.26 Å². The SMILES string of the molecule is CS(=O)(=O)N[C@H]1CCCC[C@@H]1N1C(=O)c2ccccc2[C@@H](C(=O)NOCc2ccc(COC=O)cc2)[C@@H]1c1ccc(Cl)cc1Cl. The Hall–Kier alpha value is -3.48.